The first-order valence-corrected chi connectivity index (χ1v) is 9.25. The molecule has 3 rings (SSSR count). The van der Waals surface area contributed by atoms with E-state index in [1.807, 2.05) is 7.11 Å². The molecule has 0 aliphatic carbocycles. The highest BCUT2D eigenvalue weighted by molar-refractivity contribution is 6.94. The third kappa shape index (κ3) is 2.09. The Morgan fingerprint density at radius 1 is 0.950 bits per heavy atom. The molecule has 0 spiro atoms. The topological polar surface area (TPSA) is 12.5 Å². The molecular weight excluding hydrogens is 262 g/mol. The van der Waals surface area contributed by atoms with E-state index >= 15 is 0 Å². The quantitative estimate of drug-likeness (QED) is 0.792. The van der Waals surface area contributed by atoms with Crippen LogP contribution in [0.3, 0.4) is 0 Å². The standard InChI is InChI=1S/C17H19NOSi/c1-19-20(2)17(15-9-5-3-6-10-15)13-14-18(20)16-11-7-4-8-12-16/h3-13H,14H2,1-2H3. The lowest BCUT2D eigenvalue weighted by molar-refractivity contribution is 0.410. The molecule has 1 atom stereocenters. The van der Waals surface area contributed by atoms with Crippen molar-refractivity contribution in [2.24, 2.45) is 0 Å². The van der Waals surface area contributed by atoms with Crippen molar-refractivity contribution in [1.29, 1.82) is 0 Å². The molecule has 0 saturated heterocycles. The molecule has 2 aromatic rings. The average Bonchev–Trinajstić information content (AvgIpc) is 2.87. The number of benzene rings is 2. The van der Waals surface area contributed by atoms with Gasteiger partial charge in [-0.1, -0.05) is 54.6 Å². The van der Waals surface area contributed by atoms with Crippen molar-refractivity contribution < 1.29 is 4.43 Å². The third-order valence-electron chi connectivity index (χ3n) is 4.04. The van der Waals surface area contributed by atoms with E-state index in [2.05, 4.69) is 77.9 Å². The molecule has 0 fully saturated rings. The Morgan fingerprint density at radius 2 is 1.55 bits per heavy atom. The Morgan fingerprint density at radius 3 is 2.15 bits per heavy atom. The molecule has 0 amide bonds. The molecule has 20 heavy (non-hydrogen) atoms. The fourth-order valence-electron chi connectivity index (χ4n) is 2.87. The summed E-state index contributed by atoms with van der Waals surface area (Å²) in [5.41, 5.74) is 2.52. The van der Waals surface area contributed by atoms with E-state index in [0.29, 0.717) is 0 Å². The van der Waals surface area contributed by atoms with Gasteiger partial charge in [0.25, 0.3) is 0 Å². The Hall–Kier alpha value is -1.84. The molecule has 102 valence electrons. The van der Waals surface area contributed by atoms with Crippen molar-refractivity contribution >= 4 is 19.4 Å². The van der Waals surface area contributed by atoms with Gasteiger partial charge in [0.2, 0.25) is 0 Å². The summed E-state index contributed by atoms with van der Waals surface area (Å²) in [4.78, 5) is 0. The maximum absolute atomic E-state index is 6.03. The van der Waals surface area contributed by atoms with E-state index < -0.39 is 8.48 Å². The van der Waals surface area contributed by atoms with Gasteiger partial charge in [0.15, 0.2) is 0 Å². The van der Waals surface area contributed by atoms with Crippen molar-refractivity contribution in [3.63, 3.8) is 0 Å². The van der Waals surface area contributed by atoms with Gasteiger partial charge in [-0.2, -0.15) is 0 Å². The van der Waals surface area contributed by atoms with Crippen molar-refractivity contribution in [1.82, 2.24) is 0 Å². The Bertz CT molecular complexity index is 611. The van der Waals surface area contributed by atoms with Crippen LogP contribution in [0.25, 0.3) is 5.20 Å². The molecule has 0 bridgehead atoms. The molecule has 0 aromatic heterocycles. The number of nitrogens with zero attached hydrogens (tertiary/aromatic N) is 1. The largest absolute Gasteiger partial charge is 0.399 e. The van der Waals surface area contributed by atoms with Gasteiger partial charge in [-0.05, 0) is 29.4 Å². The van der Waals surface area contributed by atoms with E-state index in [-0.39, 0.29) is 0 Å². The fraction of sp³-hybridized carbons (Fsp3) is 0.176. The van der Waals surface area contributed by atoms with Crippen molar-refractivity contribution in [2.75, 3.05) is 18.2 Å². The summed E-state index contributed by atoms with van der Waals surface area (Å²) in [5.74, 6) is 0. The minimum absolute atomic E-state index is 0.921. The highest BCUT2D eigenvalue weighted by atomic mass is 28.4. The smallest absolute Gasteiger partial charge is 0.331 e. The molecule has 0 N–H and O–H groups in total. The SMILES string of the molecule is CO[Si]1(C)C(c2ccccc2)=CCN1c1ccccc1. The summed E-state index contributed by atoms with van der Waals surface area (Å²) in [6, 6.07) is 21.1. The molecule has 2 aromatic carbocycles. The number of para-hydroxylation sites is 1. The number of hydrogen-bond acceptors (Lipinski definition) is 2. The monoisotopic (exact) mass is 281 g/mol. The lowest BCUT2D eigenvalue weighted by Gasteiger charge is -2.35. The summed E-state index contributed by atoms with van der Waals surface area (Å²) in [6.45, 7) is 3.19. The van der Waals surface area contributed by atoms with E-state index in [1.165, 1.54) is 16.4 Å². The van der Waals surface area contributed by atoms with Crippen LogP contribution < -0.4 is 4.57 Å². The number of anilines is 1. The zero-order chi connectivity index (χ0) is 14.0. The molecule has 0 radical (unpaired) electrons. The highest BCUT2D eigenvalue weighted by Gasteiger charge is 2.44. The second kappa shape index (κ2) is 5.27. The van der Waals surface area contributed by atoms with Crippen LogP contribution in [0.2, 0.25) is 6.55 Å². The summed E-state index contributed by atoms with van der Waals surface area (Å²) in [5, 5.41) is 1.37. The lowest BCUT2D eigenvalue weighted by atomic mass is 10.2. The highest BCUT2D eigenvalue weighted by Crippen LogP contribution is 2.37. The molecule has 2 nitrogen and oxygen atoms in total. The van der Waals surface area contributed by atoms with Crippen molar-refractivity contribution in [3.05, 3.63) is 72.3 Å². The van der Waals surface area contributed by atoms with Gasteiger partial charge in [0.05, 0.1) is 0 Å². The predicted octanol–water partition coefficient (Wildman–Crippen LogP) is 3.85. The van der Waals surface area contributed by atoms with Gasteiger partial charge in [-0.25, -0.2) is 0 Å². The van der Waals surface area contributed by atoms with E-state index in [1.54, 1.807) is 0 Å². The first-order valence-electron chi connectivity index (χ1n) is 6.89. The Balaban J connectivity index is 2.00. The van der Waals surface area contributed by atoms with Crippen LogP contribution in [0.5, 0.6) is 0 Å². The third-order valence-corrected chi connectivity index (χ3v) is 7.80. The van der Waals surface area contributed by atoms with Crippen LogP contribution in [0.4, 0.5) is 5.69 Å². The van der Waals surface area contributed by atoms with Crippen LogP contribution in [0, 0.1) is 0 Å². The molecule has 0 saturated carbocycles. The van der Waals surface area contributed by atoms with Crippen LogP contribution in [-0.4, -0.2) is 22.1 Å². The zero-order valence-corrected chi connectivity index (χ0v) is 12.9. The predicted molar refractivity (Wildman–Crippen MR) is 86.8 cm³/mol. The normalized spacial score (nSPS) is 21.9. The number of rotatable bonds is 3. The summed E-state index contributed by atoms with van der Waals surface area (Å²) >= 11 is 0. The maximum Gasteiger partial charge on any atom is 0.331 e. The zero-order valence-electron chi connectivity index (χ0n) is 11.9. The van der Waals surface area contributed by atoms with E-state index in [9.17, 15) is 0 Å². The molecule has 1 aliphatic rings. The molecule has 1 heterocycles. The molecule has 1 aliphatic heterocycles. The van der Waals surface area contributed by atoms with E-state index in [4.69, 9.17) is 4.43 Å². The average molecular weight is 281 g/mol. The Labute approximate surface area is 121 Å². The van der Waals surface area contributed by atoms with Crippen LogP contribution in [0.1, 0.15) is 5.56 Å². The summed E-state index contributed by atoms with van der Waals surface area (Å²) in [7, 11) is -0.269. The lowest BCUT2D eigenvalue weighted by Crippen LogP contribution is -2.51. The second-order valence-electron chi connectivity index (χ2n) is 5.12. The van der Waals surface area contributed by atoms with Crippen molar-refractivity contribution in [3.8, 4) is 0 Å². The van der Waals surface area contributed by atoms with Gasteiger partial charge in [-0.3, -0.25) is 0 Å². The van der Waals surface area contributed by atoms with Gasteiger partial charge in [0, 0.05) is 19.3 Å². The van der Waals surface area contributed by atoms with Crippen LogP contribution in [-0.2, 0) is 4.43 Å². The van der Waals surface area contributed by atoms with E-state index in [0.717, 1.165) is 6.54 Å². The van der Waals surface area contributed by atoms with Crippen molar-refractivity contribution in [2.45, 2.75) is 6.55 Å². The molecule has 3 heteroatoms. The van der Waals surface area contributed by atoms with Gasteiger partial charge in [-0.15, -0.1) is 0 Å². The first kappa shape index (κ1) is 13.2. The molecule has 1 unspecified atom stereocenters. The summed E-state index contributed by atoms with van der Waals surface area (Å²) in [6.07, 6.45) is 2.32. The minimum atomic E-state index is -2.11. The minimum Gasteiger partial charge on any atom is -0.399 e. The molecular formula is C17H19NOSi. The second-order valence-corrected chi connectivity index (χ2v) is 8.57. The maximum atomic E-state index is 6.03. The van der Waals surface area contributed by atoms with Gasteiger partial charge >= 0.3 is 8.48 Å². The van der Waals surface area contributed by atoms with Crippen LogP contribution >= 0.6 is 0 Å². The van der Waals surface area contributed by atoms with Crippen LogP contribution in [0.15, 0.2) is 66.7 Å². The van der Waals surface area contributed by atoms with Gasteiger partial charge in [0.1, 0.15) is 0 Å². The van der Waals surface area contributed by atoms with Gasteiger partial charge < -0.3 is 8.99 Å². The number of hydrogen-bond donors (Lipinski definition) is 0. The summed E-state index contributed by atoms with van der Waals surface area (Å²) < 4.78 is 8.46. The Kier molecular flexibility index (Phi) is 3.47. The first-order chi connectivity index (χ1) is 9.75. The fourth-order valence-corrected chi connectivity index (χ4v) is 5.86.